The van der Waals surface area contributed by atoms with E-state index in [-0.39, 0.29) is 39.5 Å². The fraction of sp³-hybridized carbons (Fsp3) is 0.286. The van der Waals surface area contributed by atoms with Gasteiger partial charge in [0.15, 0.2) is 16.9 Å². The molecule has 1 fully saturated rings. The van der Waals surface area contributed by atoms with E-state index in [2.05, 4.69) is 0 Å². The lowest BCUT2D eigenvalue weighted by atomic mass is 9.99. The zero-order valence-electron chi connectivity index (χ0n) is 16.3. The molecule has 3 aromatic rings. The normalized spacial score (nSPS) is 25.7. The number of aromatic hydroxyl groups is 3. The molecule has 0 saturated carbocycles. The number of phenols is 3. The fourth-order valence-corrected chi connectivity index (χ4v) is 3.44. The van der Waals surface area contributed by atoms with Crippen molar-refractivity contribution in [2.24, 2.45) is 0 Å². The molecule has 4 rings (SSSR count). The molecule has 1 aromatic heterocycles. The first-order valence-electron chi connectivity index (χ1n) is 9.49. The summed E-state index contributed by atoms with van der Waals surface area (Å²) < 4.78 is 16.4. The van der Waals surface area contributed by atoms with Crippen LogP contribution in [0.25, 0.3) is 22.3 Å². The lowest BCUT2D eigenvalue weighted by Crippen LogP contribution is -2.60. The van der Waals surface area contributed by atoms with E-state index in [9.17, 15) is 40.5 Å². The van der Waals surface area contributed by atoms with Crippen LogP contribution in [0.5, 0.6) is 23.0 Å². The summed E-state index contributed by atoms with van der Waals surface area (Å²) in [4.78, 5) is 12.5. The van der Waals surface area contributed by atoms with Crippen molar-refractivity contribution in [2.75, 3.05) is 6.61 Å². The molecule has 2 aromatic carbocycles. The number of benzene rings is 2. The number of hydrogen-bond donors (Lipinski definition) is 7. The average molecular weight is 448 g/mol. The van der Waals surface area contributed by atoms with Gasteiger partial charge in [0.25, 0.3) is 0 Å². The number of aliphatic hydroxyl groups excluding tert-OH is 4. The van der Waals surface area contributed by atoms with Crippen molar-refractivity contribution in [2.45, 2.75) is 30.7 Å². The van der Waals surface area contributed by atoms with Crippen molar-refractivity contribution in [3.8, 4) is 34.3 Å². The molecule has 5 unspecified atom stereocenters. The molecule has 11 nitrogen and oxygen atoms in total. The molecule has 0 aliphatic carbocycles. The predicted octanol–water partition coefficient (Wildman–Crippen LogP) is -0.245. The molecule has 0 spiro atoms. The van der Waals surface area contributed by atoms with Crippen molar-refractivity contribution in [1.82, 2.24) is 0 Å². The van der Waals surface area contributed by atoms with Gasteiger partial charge in [0.1, 0.15) is 47.3 Å². The number of fused-ring (bicyclic) bond motifs is 1. The highest BCUT2D eigenvalue weighted by molar-refractivity contribution is 5.82. The minimum absolute atomic E-state index is 0.00298. The minimum atomic E-state index is -1.71. The van der Waals surface area contributed by atoms with Crippen molar-refractivity contribution >= 4 is 11.0 Å². The maximum Gasteiger partial charge on any atom is 0.229 e. The third-order valence-electron chi connectivity index (χ3n) is 5.09. The number of aliphatic hydroxyl groups is 4. The monoisotopic (exact) mass is 448 g/mol. The quantitative estimate of drug-likeness (QED) is 0.279. The Hall–Kier alpha value is -3.35. The largest absolute Gasteiger partial charge is 0.508 e. The minimum Gasteiger partial charge on any atom is -0.508 e. The van der Waals surface area contributed by atoms with Gasteiger partial charge in [0.05, 0.1) is 12.0 Å². The molecule has 1 aliphatic heterocycles. The van der Waals surface area contributed by atoms with E-state index in [1.807, 2.05) is 0 Å². The van der Waals surface area contributed by atoms with E-state index in [0.29, 0.717) is 0 Å². The Balaban J connectivity index is 1.73. The molecular formula is C21H20O11. The fourth-order valence-electron chi connectivity index (χ4n) is 3.44. The van der Waals surface area contributed by atoms with Gasteiger partial charge in [-0.25, -0.2) is 0 Å². The first-order valence-corrected chi connectivity index (χ1v) is 9.49. The predicted molar refractivity (Wildman–Crippen MR) is 107 cm³/mol. The van der Waals surface area contributed by atoms with Crippen LogP contribution in [0.2, 0.25) is 0 Å². The summed E-state index contributed by atoms with van der Waals surface area (Å²) in [6.45, 7) is -0.663. The second-order valence-corrected chi connectivity index (χ2v) is 7.34. The molecule has 170 valence electrons. The summed E-state index contributed by atoms with van der Waals surface area (Å²) in [7, 11) is 0. The smallest absolute Gasteiger partial charge is 0.229 e. The molecule has 1 aliphatic rings. The van der Waals surface area contributed by atoms with Gasteiger partial charge in [-0.2, -0.15) is 0 Å². The molecule has 1 saturated heterocycles. The van der Waals surface area contributed by atoms with E-state index >= 15 is 0 Å². The van der Waals surface area contributed by atoms with Crippen LogP contribution in [0.1, 0.15) is 0 Å². The Kier molecular flexibility index (Phi) is 5.67. The zero-order valence-corrected chi connectivity index (χ0v) is 16.3. The van der Waals surface area contributed by atoms with Crippen molar-refractivity contribution in [1.29, 1.82) is 0 Å². The van der Waals surface area contributed by atoms with Crippen molar-refractivity contribution in [3.63, 3.8) is 0 Å². The number of rotatable bonds is 4. The summed E-state index contributed by atoms with van der Waals surface area (Å²) in [6, 6.07) is 7.00. The number of ether oxygens (including phenoxy) is 2. The Morgan fingerprint density at radius 3 is 2.22 bits per heavy atom. The molecule has 0 bridgehead atoms. The Labute approximate surface area is 179 Å². The first kappa shape index (κ1) is 21.9. The van der Waals surface area contributed by atoms with Crippen LogP contribution in [-0.4, -0.2) is 73.1 Å². The SMILES string of the molecule is O=c1cc(-c2cc(O)cc(O)c2)oc2cc(OC3OC(CO)C(O)C(O)C3O)c(O)cc12. The van der Waals surface area contributed by atoms with Gasteiger partial charge in [-0.1, -0.05) is 0 Å². The Bertz CT molecular complexity index is 1180. The summed E-state index contributed by atoms with van der Waals surface area (Å²) in [5.74, 6) is -1.26. The van der Waals surface area contributed by atoms with Gasteiger partial charge in [0, 0.05) is 23.8 Å². The van der Waals surface area contributed by atoms with Crippen LogP contribution in [0, 0.1) is 0 Å². The van der Waals surface area contributed by atoms with Gasteiger partial charge in [-0.15, -0.1) is 0 Å². The molecular weight excluding hydrogens is 428 g/mol. The number of phenolic OH excluding ortho intramolecular Hbond substituents is 3. The maximum absolute atomic E-state index is 12.5. The number of hydrogen-bond acceptors (Lipinski definition) is 11. The van der Waals surface area contributed by atoms with Crippen LogP contribution in [0.3, 0.4) is 0 Å². The lowest BCUT2D eigenvalue weighted by Gasteiger charge is -2.39. The zero-order chi connectivity index (χ0) is 23.2. The van der Waals surface area contributed by atoms with Gasteiger partial charge in [-0.3, -0.25) is 4.79 Å². The Morgan fingerprint density at radius 1 is 0.875 bits per heavy atom. The van der Waals surface area contributed by atoms with E-state index in [4.69, 9.17) is 13.9 Å². The molecule has 0 radical (unpaired) electrons. The highest BCUT2D eigenvalue weighted by Gasteiger charge is 2.45. The van der Waals surface area contributed by atoms with Gasteiger partial charge < -0.3 is 49.6 Å². The second-order valence-electron chi connectivity index (χ2n) is 7.34. The van der Waals surface area contributed by atoms with E-state index in [0.717, 1.165) is 24.3 Å². The van der Waals surface area contributed by atoms with Gasteiger partial charge in [0.2, 0.25) is 6.29 Å². The summed E-state index contributed by atoms with van der Waals surface area (Å²) >= 11 is 0. The third kappa shape index (κ3) is 3.95. The second kappa shape index (κ2) is 8.30. The summed E-state index contributed by atoms with van der Waals surface area (Å²) in [6.07, 6.45) is -7.76. The standard InChI is InChI=1S/C21H20O11/c22-7-17-18(27)19(28)20(29)21(32-17)31-16-6-15-11(4-13(16)26)12(25)5-14(30-15)8-1-9(23)3-10(24)2-8/h1-6,17-24,26-29H,7H2. The van der Waals surface area contributed by atoms with Gasteiger partial charge in [-0.05, 0) is 18.2 Å². The Morgan fingerprint density at radius 2 is 1.56 bits per heavy atom. The van der Waals surface area contributed by atoms with E-state index < -0.39 is 48.5 Å². The molecule has 0 amide bonds. The third-order valence-corrected chi connectivity index (χ3v) is 5.09. The van der Waals surface area contributed by atoms with Crippen molar-refractivity contribution in [3.05, 3.63) is 46.6 Å². The van der Waals surface area contributed by atoms with Gasteiger partial charge >= 0.3 is 0 Å². The van der Waals surface area contributed by atoms with Crippen LogP contribution < -0.4 is 10.2 Å². The van der Waals surface area contributed by atoms with Crippen LogP contribution in [0.15, 0.2) is 45.6 Å². The van der Waals surface area contributed by atoms with E-state index in [1.54, 1.807) is 0 Å². The van der Waals surface area contributed by atoms with Crippen LogP contribution in [0.4, 0.5) is 0 Å². The topological polar surface area (TPSA) is 190 Å². The highest BCUT2D eigenvalue weighted by atomic mass is 16.7. The van der Waals surface area contributed by atoms with E-state index in [1.165, 1.54) is 12.1 Å². The molecule has 2 heterocycles. The first-order chi connectivity index (χ1) is 15.2. The molecule has 7 N–H and O–H groups in total. The van der Waals surface area contributed by atoms with Crippen LogP contribution in [-0.2, 0) is 4.74 Å². The van der Waals surface area contributed by atoms with Crippen LogP contribution >= 0.6 is 0 Å². The summed E-state index contributed by atoms with van der Waals surface area (Å²) in [5.41, 5.74) is -0.350. The average Bonchev–Trinajstić information content (AvgIpc) is 2.74. The maximum atomic E-state index is 12.5. The molecule has 32 heavy (non-hydrogen) atoms. The lowest BCUT2D eigenvalue weighted by molar-refractivity contribution is -0.277. The summed E-state index contributed by atoms with van der Waals surface area (Å²) in [5, 5.41) is 68.8. The molecule has 11 heteroatoms. The molecule has 5 atom stereocenters. The van der Waals surface area contributed by atoms with Crippen molar-refractivity contribution < 1.29 is 49.6 Å². The highest BCUT2D eigenvalue weighted by Crippen LogP contribution is 2.35.